The number of ether oxygens (including phenoxy) is 1. The molecule has 0 aromatic carbocycles. The Hall–Kier alpha value is -1.09. The molecule has 0 spiro atoms. The molecule has 1 aromatic heterocycles. The number of rotatable bonds is 3. The fraction of sp³-hybridized carbons (Fsp3) is 0.688. The highest BCUT2D eigenvalue weighted by Crippen LogP contribution is 2.26. The summed E-state index contributed by atoms with van der Waals surface area (Å²) in [5, 5.41) is 4.44. The molecule has 2 aliphatic rings. The maximum Gasteiger partial charge on any atom is 0.150 e. The lowest BCUT2D eigenvalue weighted by atomic mass is 9.89. The van der Waals surface area contributed by atoms with Gasteiger partial charge in [0.25, 0.3) is 0 Å². The lowest BCUT2D eigenvalue weighted by Crippen LogP contribution is -2.18. The highest BCUT2D eigenvalue weighted by molar-refractivity contribution is 5.47. The second kappa shape index (κ2) is 6.38. The summed E-state index contributed by atoms with van der Waals surface area (Å²) in [4.78, 5) is 0. The van der Waals surface area contributed by atoms with Crippen molar-refractivity contribution in [3.05, 3.63) is 24.0 Å². The fourth-order valence-corrected chi connectivity index (χ4v) is 3.10. The van der Waals surface area contributed by atoms with Crippen LogP contribution in [0, 0.1) is 5.92 Å². The minimum absolute atomic E-state index is 0.158. The number of nitrogens with zero attached hydrogens (tertiary/aromatic N) is 2. The van der Waals surface area contributed by atoms with E-state index in [-0.39, 0.29) is 6.23 Å². The third-order valence-electron chi connectivity index (χ3n) is 4.28. The number of aromatic nitrogens is 2. The van der Waals surface area contributed by atoms with Crippen LogP contribution in [0.25, 0.3) is 6.08 Å². The van der Waals surface area contributed by atoms with E-state index in [9.17, 15) is 0 Å². The molecular formula is C16H24N2O. The van der Waals surface area contributed by atoms with Gasteiger partial charge in [0.1, 0.15) is 6.23 Å². The summed E-state index contributed by atoms with van der Waals surface area (Å²) in [5.74, 6) is 0.781. The molecule has 2 heterocycles. The highest BCUT2D eigenvalue weighted by atomic mass is 16.5. The van der Waals surface area contributed by atoms with E-state index in [4.69, 9.17) is 4.74 Å². The lowest BCUT2D eigenvalue weighted by molar-refractivity contribution is -0.0394. The van der Waals surface area contributed by atoms with Crippen LogP contribution in [0.1, 0.15) is 63.2 Å². The first-order valence-corrected chi connectivity index (χ1v) is 7.76. The maximum absolute atomic E-state index is 5.75. The maximum atomic E-state index is 5.75. The first-order chi connectivity index (χ1) is 9.42. The second-order valence-electron chi connectivity index (χ2n) is 5.83. The Morgan fingerprint density at radius 1 is 1.11 bits per heavy atom. The van der Waals surface area contributed by atoms with Crippen LogP contribution in [0.3, 0.4) is 0 Å². The van der Waals surface area contributed by atoms with Crippen LogP contribution in [0.2, 0.25) is 0 Å². The van der Waals surface area contributed by atoms with Gasteiger partial charge >= 0.3 is 0 Å². The zero-order valence-electron chi connectivity index (χ0n) is 11.6. The average Bonchev–Trinajstić information content (AvgIpc) is 2.96. The molecule has 1 saturated carbocycles. The van der Waals surface area contributed by atoms with E-state index < -0.39 is 0 Å². The van der Waals surface area contributed by atoms with Crippen molar-refractivity contribution in [1.29, 1.82) is 0 Å². The fourth-order valence-electron chi connectivity index (χ4n) is 3.10. The SMILES string of the molecule is C(=C\C1CCCCC1)/c1cnn([C@@H]2CCCCO2)c1. The number of allylic oxidation sites excluding steroid dienone is 1. The molecule has 1 aromatic rings. The summed E-state index contributed by atoms with van der Waals surface area (Å²) in [6.07, 6.45) is 19.3. The summed E-state index contributed by atoms with van der Waals surface area (Å²) in [5.41, 5.74) is 1.21. The molecule has 0 N–H and O–H groups in total. The van der Waals surface area contributed by atoms with Gasteiger partial charge in [-0.25, -0.2) is 4.68 Å². The van der Waals surface area contributed by atoms with Gasteiger partial charge in [-0.05, 0) is 38.0 Å². The van der Waals surface area contributed by atoms with E-state index in [0.717, 1.165) is 18.9 Å². The Labute approximate surface area is 115 Å². The third-order valence-corrected chi connectivity index (χ3v) is 4.28. The minimum Gasteiger partial charge on any atom is -0.357 e. The van der Waals surface area contributed by atoms with Crippen molar-refractivity contribution in [2.45, 2.75) is 57.6 Å². The Kier molecular flexibility index (Phi) is 4.34. The van der Waals surface area contributed by atoms with E-state index in [1.165, 1.54) is 50.5 Å². The van der Waals surface area contributed by atoms with Gasteiger partial charge in [0.15, 0.2) is 0 Å². The molecule has 1 aliphatic carbocycles. The van der Waals surface area contributed by atoms with Gasteiger partial charge in [-0.1, -0.05) is 31.4 Å². The zero-order valence-corrected chi connectivity index (χ0v) is 11.6. The van der Waals surface area contributed by atoms with Gasteiger partial charge in [-0.15, -0.1) is 0 Å². The van der Waals surface area contributed by atoms with Crippen molar-refractivity contribution in [3.63, 3.8) is 0 Å². The molecule has 1 saturated heterocycles. The van der Waals surface area contributed by atoms with E-state index in [1.54, 1.807) is 0 Å². The van der Waals surface area contributed by atoms with Crippen LogP contribution in [-0.2, 0) is 4.74 Å². The molecular weight excluding hydrogens is 236 g/mol. The first-order valence-electron chi connectivity index (χ1n) is 7.76. The van der Waals surface area contributed by atoms with Crippen LogP contribution in [0.4, 0.5) is 0 Å². The van der Waals surface area contributed by atoms with E-state index in [2.05, 4.69) is 23.4 Å². The van der Waals surface area contributed by atoms with Crippen molar-refractivity contribution in [2.24, 2.45) is 5.92 Å². The highest BCUT2D eigenvalue weighted by Gasteiger charge is 2.16. The molecule has 0 unspecified atom stereocenters. The zero-order chi connectivity index (χ0) is 12.9. The summed E-state index contributed by atoms with van der Waals surface area (Å²) >= 11 is 0. The average molecular weight is 260 g/mol. The molecule has 2 fully saturated rings. The van der Waals surface area contributed by atoms with Crippen molar-refractivity contribution in [2.75, 3.05) is 6.61 Å². The van der Waals surface area contributed by atoms with E-state index in [0.29, 0.717) is 0 Å². The molecule has 0 amide bonds. The van der Waals surface area contributed by atoms with Crippen LogP contribution >= 0.6 is 0 Å². The predicted molar refractivity (Wildman–Crippen MR) is 76.7 cm³/mol. The van der Waals surface area contributed by atoms with E-state index >= 15 is 0 Å². The molecule has 104 valence electrons. The van der Waals surface area contributed by atoms with Crippen LogP contribution in [0.15, 0.2) is 18.5 Å². The van der Waals surface area contributed by atoms with Crippen molar-refractivity contribution in [3.8, 4) is 0 Å². The molecule has 3 nitrogen and oxygen atoms in total. The molecule has 1 atom stereocenters. The molecule has 3 rings (SSSR count). The Morgan fingerprint density at radius 3 is 2.74 bits per heavy atom. The summed E-state index contributed by atoms with van der Waals surface area (Å²) in [6, 6.07) is 0. The molecule has 0 bridgehead atoms. The summed E-state index contributed by atoms with van der Waals surface area (Å²) in [7, 11) is 0. The van der Waals surface area contributed by atoms with Crippen LogP contribution in [-0.4, -0.2) is 16.4 Å². The van der Waals surface area contributed by atoms with Gasteiger partial charge in [0, 0.05) is 18.4 Å². The largest absolute Gasteiger partial charge is 0.357 e. The summed E-state index contributed by atoms with van der Waals surface area (Å²) < 4.78 is 7.73. The molecule has 19 heavy (non-hydrogen) atoms. The summed E-state index contributed by atoms with van der Waals surface area (Å²) in [6.45, 7) is 0.873. The van der Waals surface area contributed by atoms with Gasteiger partial charge < -0.3 is 4.74 Å². The van der Waals surface area contributed by atoms with E-state index in [1.807, 2.05) is 10.9 Å². The van der Waals surface area contributed by atoms with Crippen LogP contribution in [0.5, 0.6) is 0 Å². The Morgan fingerprint density at radius 2 is 1.95 bits per heavy atom. The Bertz CT molecular complexity index is 412. The monoisotopic (exact) mass is 260 g/mol. The van der Waals surface area contributed by atoms with Crippen LogP contribution < -0.4 is 0 Å². The smallest absolute Gasteiger partial charge is 0.150 e. The number of hydrogen-bond acceptors (Lipinski definition) is 2. The Balaban J connectivity index is 1.59. The lowest BCUT2D eigenvalue weighted by Gasteiger charge is -2.22. The first kappa shape index (κ1) is 12.9. The van der Waals surface area contributed by atoms with Crippen molar-refractivity contribution < 1.29 is 4.74 Å². The molecule has 1 aliphatic heterocycles. The van der Waals surface area contributed by atoms with Crippen molar-refractivity contribution in [1.82, 2.24) is 9.78 Å². The second-order valence-corrected chi connectivity index (χ2v) is 5.83. The van der Waals surface area contributed by atoms with Gasteiger partial charge in [-0.2, -0.15) is 5.10 Å². The number of hydrogen-bond donors (Lipinski definition) is 0. The molecule has 0 radical (unpaired) electrons. The van der Waals surface area contributed by atoms with Gasteiger partial charge in [0.2, 0.25) is 0 Å². The third kappa shape index (κ3) is 3.47. The van der Waals surface area contributed by atoms with Crippen molar-refractivity contribution >= 4 is 6.08 Å². The predicted octanol–water partition coefficient (Wildman–Crippen LogP) is 4.18. The normalized spacial score (nSPS) is 26.0. The minimum atomic E-state index is 0.158. The topological polar surface area (TPSA) is 27.1 Å². The quantitative estimate of drug-likeness (QED) is 0.815. The standard InChI is InChI=1S/C16H24N2O/c1-2-6-14(7-3-1)9-10-15-12-17-18(13-15)16-8-4-5-11-19-16/h9-10,12-14,16H,1-8,11H2/b10-9+/t16-/m0/s1. The van der Waals surface area contributed by atoms with Gasteiger partial charge in [0.05, 0.1) is 6.20 Å². The molecule has 3 heteroatoms. The van der Waals surface area contributed by atoms with Gasteiger partial charge in [-0.3, -0.25) is 0 Å².